The molecule has 0 amide bonds. The molecule has 16 heavy (non-hydrogen) atoms. The molecule has 0 saturated carbocycles. The van der Waals surface area contributed by atoms with Gasteiger partial charge in [-0.25, -0.2) is 0 Å². The normalized spacial score (nSPS) is 12.6. The van der Waals surface area contributed by atoms with Crippen LogP contribution >= 0.6 is 0 Å². The molecule has 1 aromatic rings. The van der Waals surface area contributed by atoms with Gasteiger partial charge in [-0.2, -0.15) is 4.98 Å². The van der Waals surface area contributed by atoms with Gasteiger partial charge in [-0.15, -0.1) is 6.58 Å². The lowest BCUT2D eigenvalue weighted by molar-refractivity contribution is 0.375. The van der Waals surface area contributed by atoms with Crippen LogP contribution in [-0.2, 0) is 12.8 Å². The van der Waals surface area contributed by atoms with Crippen LogP contribution in [0.15, 0.2) is 17.2 Å². The monoisotopic (exact) mass is 223 g/mol. The molecule has 4 heteroatoms. The van der Waals surface area contributed by atoms with Gasteiger partial charge >= 0.3 is 0 Å². The van der Waals surface area contributed by atoms with E-state index in [2.05, 4.69) is 29.0 Å². The summed E-state index contributed by atoms with van der Waals surface area (Å²) in [6.45, 7) is 8.79. The largest absolute Gasteiger partial charge is 0.339 e. The van der Waals surface area contributed by atoms with Crippen molar-refractivity contribution in [3.8, 4) is 0 Å². The summed E-state index contributed by atoms with van der Waals surface area (Å²) < 4.78 is 5.03. The van der Waals surface area contributed by atoms with Crippen LogP contribution in [0.3, 0.4) is 0 Å². The molecule has 0 spiro atoms. The first-order valence-electron chi connectivity index (χ1n) is 5.92. The summed E-state index contributed by atoms with van der Waals surface area (Å²) in [6, 6.07) is 0.510. The lowest BCUT2D eigenvalue weighted by atomic mass is 10.2. The fourth-order valence-electron chi connectivity index (χ4n) is 1.44. The molecule has 1 N–H and O–H groups in total. The van der Waals surface area contributed by atoms with Gasteiger partial charge in [-0.1, -0.05) is 18.2 Å². The Kier molecular flexibility index (Phi) is 5.78. The maximum absolute atomic E-state index is 5.03. The number of nitrogens with zero attached hydrogens (tertiary/aromatic N) is 2. The van der Waals surface area contributed by atoms with E-state index in [4.69, 9.17) is 4.52 Å². The van der Waals surface area contributed by atoms with Crippen LogP contribution in [0.5, 0.6) is 0 Å². The molecular weight excluding hydrogens is 202 g/mol. The Bertz CT molecular complexity index is 309. The van der Waals surface area contributed by atoms with Crippen molar-refractivity contribution in [1.82, 2.24) is 15.5 Å². The van der Waals surface area contributed by atoms with E-state index in [-0.39, 0.29) is 0 Å². The minimum Gasteiger partial charge on any atom is -0.339 e. The second-order valence-corrected chi connectivity index (χ2v) is 3.93. The number of aromatic nitrogens is 2. The molecule has 1 unspecified atom stereocenters. The van der Waals surface area contributed by atoms with E-state index in [1.54, 1.807) is 0 Å². The Balaban J connectivity index is 2.17. The van der Waals surface area contributed by atoms with Crippen LogP contribution in [0.25, 0.3) is 0 Å². The molecule has 0 radical (unpaired) electrons. The molecule has 0 saturated heterocycles. The van der Waals surface area contributed by atoms with E-state index >= 15 is 0 Å². The van der Waals surface area contributed by atoms with Gasteiger partial charge < -0.3 is 9.84 Å². The van der Waals surface area contributed by atoms with Crippen LogP contribution < -0.4 is 5.32 Å². The van der Waals surface area contributed by atoms with Gasteiger partial charge in [0.1, 0.15) is 0 Å². The van der Waals surface area contributed by atoms with E-state index in [1.807, 2.05) is 13.0 Å². The highest BCUT2D eigenvalue weighted by Gasteiger charge is 2.05. The minimum absolute atomic E-state index is 0.510. The molecule has 0 aliphatic heterocycles. The summed E-state index contributed by atoms with van der Waals surface area (Å²) in [6.07, 6.45) is 5.75. The Labute approximate surface area is 97.1 Å². The smallest absolute Gasteiger partial charge is 0.226 e. The van der Waals surface area contributed by atoms with Gasteiger partial charge in [0.15, 0.2) is 5.82 Å². The average molecular weight is 223 g/mol. The third-order valence-corrected chi connectivity index (χ3v) is 2.46. The van der Waals surface area contributed by atoms with Crippen LogP contribution in [0, 0.1) is 0 Å². The molecule has 1 atom stereocenters. The zero-order valence-corrected chi connectivity index (χ0v) is 10.2. The third kappa shape index (κ3) is 4.57. The zero-order valence-electron chi connectivity index (χ0n) is 10.2. The summed E-state index contributed by atoms with van der Waals surface area (Å²) in [5, 5.41) is 7.33. The summed E-state index contributed by atoms with van der Waals surface area (Å²) >= 11 is 0. The van der Waals surface area contributed by atoms with Crippen molar-refractivity contribution in [2.75, 3.05) is 6.54 Å². The van der Waals surface area contributed by atoms with Crippen LogP contribution in [0.4, 0.5) is 0 Å². The molecule has 0 aromatic carbocycles. The lowest BCUT2D eigenvalue weighted by Crippen LogP contribution is -2.28. The first-order valence-corrected chi connectivity index (χ1v) is 5.92. The van der Waals surface area contributed by atoms with Gasteiger partial charge in [0.25, 0.3) is 0 Å². The number of aryl methyl sites for hydroxylation is 1. The topological polar surface area (TPSA) is 51.0 Å². The van der Waals surface area contributed by atoms with Crippen molar-refractivity contribution in [1.29, 1.82) is 0 Å². The number of nitrogens with one attached hydrogen (secondary N) is 1. The first-order chi connectivity index (χ1) is 7.76. The van der Waals surface area contributed by atoms with Crippen molar-refractivity contribution in [3.63, 3.8) is 0 Å². The van der Waals surface area contributed by atoms with E-state index in [1.165, 1.54) is 0 Å². The van der Waals surface area contributed by atoms with Crippen LogP contribution in [-0.4, -0.2) is 22.7 Å². The maximum atomic E-state index is 5.03. The van der Waals surface area contributed by atoms with Crippen molar-refractivity contribution < 1.29 is 4.52 Å². The Morgan fingerprint density at radius 2 is 2.38 bits per heavy atom. The van der Waals surface area contributed by atoms with Gasteiger partial charge in [0.2, 0.25) is 5.89 Å². The van der Waals surface area contributed by atoms with Gasteiger partial charge in [0, 0.05) is 25.4 Å². The summed E-state index contributed by atoms with van der Waals surface area (Å²) in [5.74, 6) is 1.51. The van der Waals surface area contributed by atoms with Crippen LogP contribution in [0.1, 0.15) is 38.4 Å². The number of rotatable bonds is 8. The fourth-order valence-corrected chi connectivity index (χ4v) is 1.44. The van der Waals surface area contributed by atoms with Gasteiger partial charge in [-0.3, -0.25) is 0 Å². The highest BCUT2D eigenvalue weighted by atomic mass is 16.5. The van der Waals surface area contributed by atoms with E-state index < -0.39 is 0 Å². The molecule has 0 bridgehead atoms. The van der Waals surface area contributed by atoms with Gasteiger partial charge in [-0.05, 0) is 19.8 Å². The predicted octanol–water partition coefficient (Wildman–Crippen LogP) is 2.12. The Hall–Kier alpha value is -1.16. The van der Waals surface area contributed by atoms with E-state index in [9.17, 15) is 0 Å². The molecule has 1 aromatic heterocycles. The quantitative estimate of drug-likeness (QED) is 0.686. The van der Waals surface area contributed by atoms with Crippen molar-refractivity contribution in [2.45, 2.75) is 45.6 Å². The summed E-state index contributed by atoms with van der Waals surface area (Å²) in [4.78, 5) is 4.25. The maximum Gasteiger partial charge on any atom is 0.226 e. The van der Waals surface area contributed by atoms with Crippen molar-refractivity contribution in [3.05, 3.63) is 24.4 Å². The zero-order chi connectivity index (χ0) is 11.8. The summed E-state index contributed by atoms with van der Waals surface area (Å²) in [5.41, 5.74) is 0. The Morgan fingerprint density at radius 1 is 1.56 bits per heavy atom. The molecule has 4 nitrogen and oxygen atoms in total. The number of allylic oxidation sites excluding steroid dienone is 1. The highest BCUT2D eigenvalue weighted by molar-refractivity contribution is 4.86. The molecular formula is C12H21N3O. The standard InChI is InChI=1S/C12H21N3O/c1-4-6-7-10(3)13-9-8-11-14-12(5-2)16-15-11/h4,10,13H,1,5-9H2,2-3H3. The highest BCUT2D eigenvalue weighted by Crippen LogP contribution is 1.99. The van der Waals surface area contributed by atoms with E-state index in [0.717, 1.165) is 43.9 Å². The van der Waals surface area contributed by atoms with Crippen LogP contribution in [0.2, 0.25) is 0 Å². The molecule has 0 aliphatic rings. The molecule has 90 valence electrons. The SMILES string of the molecule is C=CCCC(C)NCCc1noc(CC)n1. The second kappa shape index (κ2) is 7.17. The third-order valence-electron chi connectivity index (χ3n) is 2.46. The lowest BCUT2D eigenvalue weighted by Gasteiger charge is -2.11. The Morgan fingerprint density at radius 3 is 3.00 bits per heavy atom. The van der Waals surface area contributed by atoms with E-state index in [0.29, 0.717) is 6.04 Å². The first kappa shape index (κ1) is 12.9. The van der Waals surface area contributed by atoms with Crippen molar-refractivity contribution in [2.24, 2.45) is 0 Å². The summed E-state index contributed by atoms with van der Waals surface area (Å²) in [7, 11) is 0. The fraction of sp³-hybridized carbons (Fsp3) is 0.667. The predicted molar refractivity (Wildman–Crippen MR) is 64.3 cm³/mol. The molecule has 1 heterocycles. The second-order valence-electron chi connectivity index (χ2n) is 3.93. The number of hydrogen-bond acceptors (Lipinski definition) is 4. The minimum atomic E-state index is 0.510. The number of hydrogen-bond donors (Lipinski definition) is 1. The molecule has 0 aliphatic carbocycles. The average Bonchev–Trinajstić information content (AvgIpc) is 2.74. The van der Waals surface area contributed by atoms with Gasteiger partial charge in [0.05, 0.1) is 0 Å². The van der Waals surface area contributed by atoms with Crippen molar-refractivity contribution >= 4 is 0 Å². The molecule has 0 fully saturated rings. The molecule has 1 rings (SSSR count).